The summed E-state index contributed by atoms with van der Waals surface area (Å²) in [6, 6.07) is 14.4. The number of benzene rings is 2. The zero-order chi connectivity index (χ0) is 16.9. The van der Waals surface area contributed by atoms with Crippen LogP contribution in [0.15, 0.2) is 53.3 Å². The van der Waals surface area contributed by atoms with Crippen LogP contribution in [0.5, 0.6) is 5.75 Å². The number of fused-ring (bicyclic) bond motifs is 1. The first-order chi connectivity index (χ1) is 11.7. The van der Waals surface area contributed by atoms with Crippen LogP contribution in [-0.4, -0.2) is 23.0 Å². The highest BCUT2D eigenvalue weighted by atomic mass is 16.5. The number of H-pyrrole nitrogens is 1. The Morgan fingerprint density at radius 3 is 2.75 bits per heavy atom. The third kappa shape index (κ3) is 3.43. The predicted molar refractivity (Wildman–Crippen MR) is 90.9 cm³/mol. The second kappa shape index (κ2) is 6.95. The number of amides is 1. The average Bonchev–Trinajstić information content (AvgIpc) is 2.60. The number of carbonyl (C=O) groups is 1. The fourth-order valence-corrected chi connectivity index (χ4v) is 2.49. The first kappa shape index (κ1) is 15.7. The number of hydrogen-bond acceptors (Lipinski definition) is 4. The minimum Gasteiger partial charge on any atom is -0.496 e. The van der Waals surface area contributed by atoms with E-state index in [-0.39, 0.29) is 24.4 Å². The molecule has 0 unspecified atom stereocenters. The second-order valence-electron chi connectivity index (χ2n) is 5.30. The Morgan fingerprint density at radius 1 is 1.17 bits per heavy atom. The number of hydrogen-bond donors (Lipinski definition) is 2. The summed E-state index contributed by atoms with van der Waals surface area (Å²) in [5, 5.41) is 3.29. The monoisotopic (exact) mass is 323 g/mol. The molecule has 2 N–H and O–H groups in total. The van der Waals surface area contributed by atoms with E-state index < -0.39 is 0 Å². The molecule has 6 nitrogen and oxygen atoms in total. The summed E-state index contributed by atoms with van der Waals surface area (Å²) in [4.78, 5) is 31.1. The molecule has 6 heteroatoms. The number of para-hydroxylation sites is 2. The van der Waals surface area contributed by atoms with Gasteiger partial charge in [0, 0.05) is 5.56 Å². The van der Waals surface area contributed by atoms with E-state index in [2.05, 4.69) is 15.3 Å². The summed E-state index contributed by atoms with van der Waals surface area (Å²) in [7, 11) is 1.57. The lowest BCUT2D eigenvalue weighted by atomic mass is 10.1. The van der Waals surface area contributed by atoms with E-state index in [0.717, 1.165) is 5.56 Å². The van der Waals surface area contributed by atoms with Gasteiger partial charge < -0.3 is 15.0 Å². The van der Waals surface area contributed by atoms with E-state index in [9.17, 15) is 9.59 Å². The molecular formula is C18H17N3O3. The number of ether oxygens (including phenoxy) is 1. The minimum absolute atomic E-state index is 0.161. The summed E-state index contributed by atoms with van der Waals surface area (Å²) in [6.45, 7) is 0.161. The molecule has 0 atom stereocenters. The molecule has 0 aliphatic heterocycles. The molecule has 0 radical (unpaired) electrons. The quantitative estimate of drug-likeness (QED) is 0.750. The van der Waals surface area contributed by atoms with Gasteiger partial charge in [0.05, 0.1) is 31.0 Å². The molecule has 2 aromatic carbocycles. The van der Waals surface area contributed by atoms with Crippen LogP contribution in [-0.2, 0) is 17.8 Å². The van der Waals surface area contributed by atoms with Crippen LogP contribution in [0.1, 0.15) is 11.4 Å². The predicted octanol–water partition coefficient (Wildman–Crippen LogP) is 1.79. The SMILES string of the molecule is COc1ccccc1CC(=O)NCc1nc2ccccc2c(=O)[nH]1. The Balaban J connectivity index is 1.69. The Morgan fingerprint density at radius 2 is 1.92 bits per heavy atom. The van der Waals surface area contributed by atoms with Crippen LogP contribution >= 0.6 is 0 Å². The van der Waals surface area contributed by atoms with Gasteiger partial charge in [-0.3, -0.25) is 9.59 Å². The Bertz CT molecular complexity index is 934. The lowest BCUT2D eigenvalue weighted by Crippen LogP contribution is -2.27. The van der Waals surface area contributed by atoms with Crippen LogP contribution < -0.4 is 15.6 Å². The van der Waals surface area contributed by atoms with Gasteiger partial charge in [0.25, 0.3) is 5.56 Å². The molecule has 0 saturated heterocycles. The summed E-state index contributed by atoms with van der Waals surface area (Å²) < 4.78 is 5.23. The first-order valence-corrected chi connectivity index (χ1v) is 7.54. The fourth-order valence-electron chi connectivity index (χ4n) is 2.49. The van der Waals surface area contributed by atoms with Crippen molar-refractivity contribution >= 4 is 16.8 Å². The summed E-state index contributed by atoms with van der Waals surface area (Å²) in [6.07, 6.45) is 0.196. The van der Waals surface area contributed by atoms with E-state index >= 15 is 0 Å². The van der Waals surface area contributed by atoms with Crippen molar-refractivity contribution in [2.75, 3.05) is 7.11 Å². The van der Waals surface area contributed by atoms with Crippen LogP contribution in [0, 0.1) is 0 Å². The van der Waals surface area contributed by atoms with Crippen molar-refractivity contribution in [2.45, 2.75) is 13.0 Å². The topological polar surface area (TPSA) is 84.1 Å². The molecule has 0 fully saturated rings. The maximum absolute atomic E-state index is 12.1. The Kier molecular flexibility index (Phi) is 4.56. The number of nitrogens with zero attached hydrogens (tertiary/aromatic N) is 1. The van der Waals surface area contributed by atoms with Crippen molar-refractivity contribution in [1.29, 1.82) is 0 Å². The van der Waals surface area contributed by atoms with Crippen LogP contribution in [0.4, 0.5) is 0 Å². The lowest BCUT2D eigenvalue weighted by molar-refractivity contribution is -0.120. The number of nitrogens with one attached hydrogen (secondary N) is 2. The van der Waals surface area contributed by atoms with Gasteiger partial charge in [-0.15, -0.1) is 0 Å². The zero-order valence-corrected chi connectivity index (χ0v) is 13.2. The summed E-state index contributed by atoms with van der Waals surface area (Å²) in [5.41, 5.74) is 1.20. The standard InChI is InChI=1S/C18H17N3O3/c1-24-15-9-5-2-6-12(15)10-17(22)19-11-16-20-14-8-4-3-7-13(14)18(23)21-16/h2-9H,10-11H2,1H3,(H,19,22)(H,20,21,23). The molecule has 1 amide bonds. The highest BCUT2D eigenvalue weighted by Gasteiger charge is 2.09. The van der Waals surface area contributed by atoms with E-state index in [1.165, 1.54) is 0 Å². The van der Waals surface area contributed by atoms with E-state index in [1.807, 2.05) is 30.3 Å². The molecule has 3 aromatic rings. The van der Waals surface area contributed by atoms with Crippen molar-refractivity contribution in [2.24, 2.45) is 0 Å². The molecule has 0 spiro atoms. The molecule has 1 aromatic heterocycles. The Hall–Kier alpha value is -3.15. The normalized spacial score (nSPS) is 10.5. The lowest BCUT2D eigenvalue weighted by Gasteiger charge is -2.09. The highest BCUT2D eigenvalue weighted by Crippen LogP contribution is 2.17. The second-order valence-corrected chi connectivity index (χ2v) is 5.30. The number of rotatable bonds is 5. The number of aromatic nitrogens is 2. The van der Waals surface area contributed by atoms with Gasteiger partial charge in [0.1, 0.15) is 11.6 Å². The Labute approximate surface area is 138 Å². The number of carbonyl (C=O) groups excluding carboxylic acids is 1. The van der Waals surface area contributed by atoms with Gasteiger partial charge >= 0.3 is 0 Å². The molecule has 122 valence electrons. The van der Waals surface area contributed by atoms with Gasteiger partial charge in [-0.25, -0.2) is 4.98 Å². The van der Waals surface area contributed by atoms with Crippen LogP contribution in [0.2, 0.25) is 0 Å². The van der Waals surface area contributed by atoms with Crippen molar-refractivity contribution in [1.82, 2.24) is 15.3 Å². The summed E-state index contributed by atoms with van der Waals surface area (Å²) >= 11 is 0. The molecular weight excluding hydrogens is 306 g/mol. The maximum Gasteiger partial charge on any atom is 0.258 e. The zero-order valence-electron chi connectivity index (χ0n) is 13.2. The van der Waals surface area contributed by atoms with Gasteiger partial charge in [-0.05, 0) is 18.2 Å². The summed E-state index contributed by atoms with van der Waals surface area (Å²) in [5.74, 6) is 0.923. The minimum atomic E-state index is -0.213. The highest BCUT2D eigenvalue weighted by molar-refractivity contribution is 5.79. The van der Waals surface area contributed by atoms with E-state index in [4.69, 9.17) is 4.74 Å². The maximum atomic E-state index is 12.1. The van der Waals surface area contributed by atoms with Crippen molar-refractivity contribution < 1.29 is 9.53 Å². The van der Waals surface area contributed by atoms with Gasteiger partial charge in [0.15, 0.2) is 0 Å². The number of methoxy groups -OCH3 is 1. The molecule has 0 bridgehead atoms. The molecule has 3 rings (SSSR count). The fraction of sp³-hybridized carbons (Fsp3) is 0.167. The van der Waals surface area contributed by atoms with Crippen molar-refractivity contribution in [3.8, 4) is 5.75 Å². The average molecular weight is 323 g/mol. The van der Waals surface area contributed by atoms with Crippen LogP contribution in [0.3, 0.4) is 0 Å². The molecule has 0 saturated carbocycles. The smallest absolute Gasteiger partial charge is 0.258 e. The molecule has 24 heavy (non-hydrogen) atoms. The van der Waals surface area contributed by atoms with Gasteiger partial charge in [-0.2, -0.15) is 0 Å². The molecule has 0 aliphatic carbocycles. The van der Waals surface area contributed by atoms with Crippen LogP contribution in [0.25, 0.3) is 10.9 Å². The van der Waals surface area contributed by atoms with E-state index in [1.54, 1.807) is 25.3 Å². The largest absolute Gasteiger partial charge is 0.496 e. The van der Waals surface area contributed by atoms with E-state index in [0.29, 0.717) is 22.5 Å². The molecule has 1 heterocycles. The third-order valence-electron chi connectivity index (χ3n) is 3.66. The van der Waals surface area contributed by atoms with Gasteiger partial charge in [-0.1, -0.05) is 30.3 Å². The number of aromatic amines is 1. The van der Waals surface area contributed by atoms with Crippen molar-refractivity contribution in [3.05, 3.63) is 70.3 Å². The molecule has 0 aliphatic rings. The third-order valence-corrected chi connectivity index (χ3v) is 3.66. The van der Waals surface area contributed by atoms with Crippen molar-refractivity contribution in [3.63, 3.8) is 0 Å². The first-order valence-electron chi connectivity index (χ1n) is 7.54. The van der Waals surface area contributed by atoms with Gasteiger partial charge in [0.2, 0.25) is 5.91 Å².